The van der Waals surface area contributed by atoms with E-state index in [4.69, 9.17) is 4.74 Å². The smallest absolute Gasteiger partial charge is 0.241 e. The minimum atomic E-state index is -0.175. The SMILES string of the molecule is C=CCn1cc(CN2CCCC[C@@H]2C(=O)Nc2ccc(Oc3ccccc3)nc2)c(C)n1. The van der Waals surface area contributed by atoms with Gasteiger partial charge < -0.3 is 10.1 Å². The van der Waals surface area contributed by atoms with Crippen LogP contribution in [-0.4, -0.2) is 38.2 Å². The van der Waals surface area contributed by atoms with Crippen LogP contribution < -0.4 is 10.1 Å². The molecule has 7 nitrogen and oxygen atoms in total. The van der Waals surface area contributed by atoms with Crippen LogP contribution in [-0.2, 0) is 17.9 Å². The highest BCUT2D eigenvalue weighted by Crippen LogP contribution is 2.23. The van der Waals surface area contributed by atoms with Crippen LogP contribution in [0.4, 0.5) is 5.69 Å². The van der Waals surface area contributed by atoms with Gasteiger partial charge in [-0.3, -0.25) is 14.4 Å². The van der Waals surface area contributed by atoms with Gasteiger partial charge in [-0.25, -0.2) is 4.98 Å². The van der Waals surface area contributed by atoms with Crippen LogP contribution in [0.3, 0.4) is 0 Å². The third-order valence-corrected chi connectivity index (χ3v) is 5.62. The van der Waals surface area contributed by atoms with E-state index in [0.717, 1.165) is 42.8 Å². The lowest BCUT2D eigenvalue weighted by atomic mass is 10.0. The van der Waals surface area contributed by atoms with Gasteiger partial charge in [0.15, 0.2) is 0 Å². The fourth-order valence-corrected chi connectivity index (χ4v) is 3.99. The molecule has 0 saturated carbocycles. The third-order valence-electron chi connectivity index (χ3n) is 5.62. The van der Waals surface area contributed by atoms with Gasteiger partial charge >= 0.3 is 0 Å². The van der Waals surface area contributed by atoms with Gasteiger partial charge in [0.2, 0.25) is 11.8 Å². The number of ether oxygens (including phenoxy) is 1. The van der Waals surface area contributed by atoms with Crippen LogP contribution >= 0.6 is 0 Å². The molecule has 1 aliphatic rings. The second kappa shape index (κ2) is 10.2. The summed E-state index contributed by atoms with van der Waals surface area (Å²) in [4.78, 5) is 19.7. The fraction of sp³-hybridized carbons (Fsp3) is 0.320. The molecule has 1 fully saturated rings. The summed E-state index contributed by atoms with van der Waals surface area (Å²) < 4.78 is 7.61. The Bertz CT molecular complexity index is 1050. The molecule has 0 aliphatic carbocycles. The number of anilines is 1. The molecule has 3 heterocycles. The quantitative estimate of drug-likeness (QED) is 0.530. The van der Waals surface area contributed by atoms with E-state index in [9.17, 15) is 4.79 Å². The zero-order valence-electron chi connectivity index (χ0n) is 18.4. The summed E-state index contributed by atoms with van der Waals surface area (Å²) in [5.74, 6) is 1.21. The molecular formula is C25H29N5O2. The zero-order valence-corrected chi connectivity index (χ0v) is 18.4. The number of likely N-dealkylation sites (tertiary alicyclic amines) is 1. The van der Waals surface area contributed by atoms with Crippen LogP contribution in [0, 0.1) is 6.92 Å². The molecule has 2 aromatic heterocycles. The van der Waals surface area contributed by atoms with Crippen molar-refractivity contribution in [1.82, 2.24) is 19.7 Å². The second-order valence-electron chi connectivity index (χ2n) is 8.02. The normalized spacial score (nSPS) is 16.5. The number of hydrogen-bond donors (Lipinski definition) is 1. The average Bonchev–Trinajstić information content (AvgIpc) is 3.15. The average molecular weight is 432 g/mol. The number of pyridine rings is 1. The predicted octanol–water partition coefficient (Wildman–Crippen LogP) is 4.56. The van der Waals surface area contributed by atoms with E-state index in [1.807, 2.05) is 54.1 Å². The van der Waals surface area contributed by atoms with Crippen LogP contribution in [0.5, 0.6) is 11.6 Å². The molecule has 1 saturated heterocycles. The maximum atomic E-state index is 13.1. The maximum absolute atomic E-state index is 13.1. The highest BCUT2D eigenvalue weighted by molar-refractivity contribution is 5.94. The molecule has 1 amide bonds. The van der Waals surface area contributed by atoms with Crippen molar-refractivity contribution in [2.24, 2.45) is 0 Å². The number of nitrogens with zero attached hydrogens (tertiary/aromatic N) is 4. The van der Waals surface area contributed by atoms with Gasteiger partial charge in [-0.2, -0.15) is 5.10 Å². The number of amides is 1. The molecular weight excluding hydrogens is 402 g/mol. The molecule has 4 rings (SSSR count). The third kappa shape index (κ3) is 5.42. The van der Waals surface area contributed by atoms with Gasteiger partial charge in [-0.05, 0) is 44.5 Å². The first-order valence-electron chi connectivity index (χ1n) is 11.0. The standard InChI is InChI=1S/C25H29N5O2/c1-3-14-30-18-20(19(2)28-30)17-29-15-8-7-11-23(29)25(31)27-21-12-13-24(26-16-21)32-22-9-5-4-6-10-22/h3-6,9-10,12-13,16,18,23H,1,7-8,11,14-15,17H2,2H3,(H,27,31)/t23-/m1/s1. The Morgan fingerprint density at radius 3 is 2.84 bits per heavy atom. The Hall–Kier alpha value is -3.45. The van der Waals surface area contributed by atoms with E-state index in [1.54, 1.807) is 12.3 Å². The van der Waals surface area contributed by atoms with Crippen molar-refractivity contribution in [2.75, 3.05) is 11.9 Å². The molecule has 3 aromatic rings. The predicted molar refractivity (Wildman–Crippen MR) is 125 cm³/mol. The van der Waals surface area contributed by atoms with Crippen LogP contribution in [0.15, 0.2) is 67.5 Å². The fourth-order valence-electron chi connectivity index (χ4n) is 3.99. The lowest BCUT2D eigenvalue weighted by Gasteiger charge is -2.34. The first-order valence-corrected chi connectivity index (χ1v) is 11.0. The van der Waals surface area contributed by atoms with Crippen LogP contribution in [0.2, 0.25) is 0 Å². The van der Waals surface area contributed by atoms with E-state index in [2.05, 4.69) is 33.1 Å². The highest BCUT2D eigenvalue weighted by atomic mass is 16.5. The number of rotatable bonds is 8. The first-order chi connectivity index (χ1) is 15.6. The molecule has 1 aromatic carbocycles. The van der Waals surface area contributed by atoms with Crippen molar-refractivity contribution in [3.63, 3.8) is 0 Å². The Kier molecular flexibility index (Phi) is 6.97. The van der Waals surface area contributed by atoms with Crippen molar-refractivity contribution < 1.29 is 9.53 Å². The molecule has 1 N–H and O–H groups in total. The van der Waals surface area contributed by atoms with E-state index >= 15 is 0 Å². The largest absolute Gasteiger partial charge is 0.439 e. The lowest BCUT2D eigenvalue weighted by Crippen LogP contribution is -2.46. The summed E-state index contributed by atoms with van der Waals surface area (Å²) in [5.41, 5.74) is 2.81. The van der Waals surface area contributed by atoms with Crippen molar-refractivity contribution in [2.45, 2.75) is 45.3 Å². The lowest BCUT2D eigenvalue weighted by molar-refractivity contribution is -0.122. The molecule has 0 radical (unpaired) electrons. The zero-order chi connectivity index (χ0) is 22.3. The molecule has 7 heteroatoms. The van der Waals surface area contributed by atoms with E-state index in [0.29, 0.717) is 24.7 Å². The summed E-state index contributed by atoms with van der Waals surface area (Å²) in [7, 11) is 0. The molecule has 0 unspecified atom stereocenters. The number of carbonyl (C=O) groups is 1. The number of piperidine rings is 1. The summed E-state index contributed by atoms with van der Waals surface area (Å²) in [5, 5.41) is 7.57. The van der Waals surface area contributed by atoms with Gasteiger partial charge in [0.25, 0.3) is 0 Å². The van der Waals surface area contributed by atoms with Gasteiger partial charge in [-0.15, -0.1) is 6.58 Å². The molecule has 0 bridgehead atoms. The first kappa shape index (κ1) is 21.8. The summed E-state index contributed by atoms with van der Waals surface area (Å²) in [6, 6.07) is 12.9. The summed E-state index contributed by atoms with van der Waals surface area (Å²) in [6.45, 7) is 8.08. The Morgan fingerprint density at radius 2 is 2.09 bits per heavy atom. The number of benzene rings is 1. The number of allylic oxidation sites excluding steroid dienone is 1. The summed E-state index contributed by atoms with van der Waals surface area (Å²) in [6.07, 6.45) is 8.50. The van der Waals surface area contributed by atoms with Gasteiger partial charge in [0, 0.05) is 24.4 Å². The number of nitrogens with one attached hydrogen (secondary N) is 1. The van der Waals surface area contributed by atoms with E-state index in [1.165, 1.54) is 0 Å². The molecule has 0 spiro atoms. The van der Waals surface area contributed by atoms with Gasteiger partial charge in [0.1, 0.15) is 5.75 Å². The minimum Gasteiger partial charge on any atom is -0.439 e. The van der Waals surface area contributed by atoms with Gasteiger partial charge in [0.05, 0.1) is 30.2 Å². The van der Waals surface area contributed by atoms with Crippen molar-refractivity contribution in [3.8, 4) is 11.6 Å². The van der Waals surface area contributed by atoms with Gasteiger partial charge in [-0.1, -0.05) is 30.7 Å². The monoisotopic (exact) mass is 431 g/mol. The second-order valence-corrected chi connectivity index (χ2v) is 8.02. The number of aryl methyl sites for hydroxylation is 1. The van der Waals surface area contributed by atoms with Crippen molar-refractivity contribution in [3.05, 3.63) is 78.8 Å². The Labute approximate surface area is 188 Å². The van der Waals surface area contributed by atoms with Crippen molar-refractivity contribution in [1.29, 1.82) is 0 Å². The van der Waals surface area contributed by atoms with Crippen LogP contribution in [0.1, 0.15) is 30.5 Å². The van der Waals surface area contributed by atoms with E-state index in [-0.39, 0.29) is 11.9 Å². The Balaban J connectivity index is 1.39. The number of para-hydroxylation sites is 1. The molecule has 1 aliphatic heterocycles. The molecule has 1 atom stereocenters. The number of carbonyl (C=O) groups excluding carboxylic acids is 1. The van der Waals surface area contributed by atoms with Crippen molar-refractivity contribution >= 4 is 11.6 Å². The number of aromatic nitrogens is 3. The molecule has 166 valence electrons. The number of hydrogen-bond acceptors (Lipinski definition) is 5. The maximum Gasteiger partial charge on any atom is 0.241 e. The minimum absolute atomic E-state index is 0.000589. The summed E-state index contributed by atoms with van der Waals surface area (Å²) >= 11 is 0. The van der Waals surface area contributed by atoms with Crippen LogP contribution in [0.25, 0.3) is 0 Å². The highest BCUT2D eigenvalue weighted by Gasteiger charge is 2.29. The topological polar surface area (TPSA) is 72.3 Å². The van der Waals surface area contributed by atoms with E-state index < -0.39 is 0 Å². The molecule has 32 heavy (non-hydrogen) atoms. The Morgan fingerprint density at radius 1 is 1.25 bits per heavy atom.